The standard InChI is InChI=1S/C92H180O17P2/c1-5-9-13-17-21-25-29-33-36-39-41-42-43-45-48-51-55-59-63-67-71-75-79-92(97)109-88(83-103-90(95)77-73-69-65-61-57-53-49-47-44-40-37-34-30-26-22-18-14-10-6-2)85-107-111(100,101)105-81-86(93)80-104-110(98,99)106-84-87(82-102-89(94)76-72-68-64-60-56-52-32-28-24-20-16-12-8-4)108-91(96)78-74-70-66-62-58-54-50-46-38-35-31-27-23-19-15-11-7-3/h86-88,93H,5-85H2,1-4H3,(H,98,99)(H,100,101)/t86-,87+,88+/m0/s1. The van der Waals surface area contributed by atoms with Crippen molar-refractivity contribution < 1.29 is 80.2 Å². The first-order chi connectivity index (χ1) is 54.2. The lowest BCUT2D eigenvalue weighted by Crippen LogP contribution is -2.30. The van der Waals surface area contributed by atoms with Crippen LogP contribution in [0.5, 0.6) is 0 Å². The summed E-state index contributed by atoms with van der Waals surface area (Å²) in [6.45, 7) is 5.10. The molecule has 0 spiro atoms. The van der Waals surface area contributed by atoms with Crippen LogP contribution in [0.25, 0.3) is 0 Å². The third-order valence-corrected chi connectivity index (χ3v) is 23.8. The minimum Gasteiger partial charge on any atom is -0.462 e. The van der Waals surface area contributed by atoms with Crippen molar-refractivity contribution in [1.82, 2.24) is 0 Å². The van der Waals surface area contributed by atoms with Crippen LogP contribution in [-0.2, 0) is 65.4 Å². The summed E-state index contributed by atoms with van der Waals surface area (Å²) in [4.78, 5) is 73.5. The van der Waals surface area contributed by atoms with E-state index in [1.807, 2.05) is 0 Å². The number of hydrogen-bond donors (Lipinski definition) is 3. The van der Waals surface area contributed by atoms with Crippen molar-refractivity contribution in [2.45, 2.75) is 528 Å². The van der Waals surface area contributed by atoms with E-state index in [0.717, 1.165) is 89.9 Å². The van der Waals surface area contributed by atoms with Crippen LogP contribution in [0.2, 0.25) is 0 Å². The SMILES string of the molecule is CCCCCCCCCCCCCCCCCCCCCCCCC(=O)O[C@H](COC(=O)CCCCCCCCCCCCCCCCCCCCC)COP(=O)(O)OC[C@@H](O)COP(=O)(O)OC[C@@H](COC(=O)CCCCCCCCCCCCCCC)OC(=O)CCCCCCCCCCCCCCCCCCC. The zero-order valence-electron chi connectivity index (χ0n) is 73.0. The maximum atomic E-state index is 13.2. The van der Waals surface area contributed by atoms with Gasteiger partial charge in [0.25, 0.3) is 0 Å². The van der Waals surface area contributed by atoms with Gasteiger partial charge in [-0.2, -0.15) is 0 Å². The van der Waals surface area contributed by atoms with E-state index in [1.165, 1.54) is 340 Å². The molecule has 17 nitrogen and oxygen atoms in total. The molecule has 0 aromatic carbocycles. The molecule has 0 saturated carbocycles. The number of esters is 4. The summed E-state index contributed by atoms with van der Waals surface area (Å²) in [5.41, 5.74) is 0. The molecule has 0 rings (SSSR count). The maximum Gasteiger partial charge on any atom is 0.472 e. The zero-order chi connectivity index (χ0) is 81.0. The molecule has 0 aromatic heterocycles. The monoisotopic (exact) mass is 1620 g/mol. The first-order valence-electron chi connectivity index (χ1n) is 47.8. The van der Waals surface area contributed by atoms with E-state index in [2.05, 4.69) is 27.7 Å². The van der Waals surface area contributed by atoms with E-state index in [1.54, 1.807) is 0 Å². The molecular formula is C92H180O17P2. The van der Waals surface area contributed by atoms with Gasteiger partial charge in [0.2, 0.25) is 0 Å². The molecule has 0 heterocycles. The highest BCUT2D eigenvalue weighted by Crippen LogP contribution is 2.45. The number of phosphoric ester groups is 2. The van der Waals surface area contributed by atoms with Crippen LogP contribution < -0.4 is 0 Å². The van der Waals surface area contributed by atoms with Gasteiger partial charge in [0.15, 0.2) is 12.2 Å². The number of aliphatic hydroxyl groups is 1. The summed E-state index contributed by atoms with van der Waals surface area (Å²) >= 11 is 0. The number of ether oxygens (including phenoxy) is 4. The highest BCUT2D eigenvalue weighted by Gasteiger charge is 2.31. The van der Waals surface area contributed by atoms with Crippen molar-refractivity contribution in [3.05, 3.63) is 0 Å². The van der Waals surface area contributed by atoms with E-state index >= 15 is 0 Å². The number of unbranched alkanes of at least 4 members (excludes halogenated alkanes) is 67. The molecule has 0 radical (unpaired) electrons. The Bertz CT molecular complexity index is 2090. The van der Waals surface area contributed by atoms with Gasteiger partial charge in [-0.15, -0.1) is 0 Å². The second-order valence-corrected chi connectivity index (χ2v) is 36.0. The average Bonchev–Trinajstić information content (AvgIpc) is 0.896. The molecule has 0 aliphatic carbocycles. The topological polar surface area (TPSA) is 237 Å². The Labute approximate surface area is 683 Å². The van der Waals surface area contributed by atoms with Gasteiger partial charge in [-0.3, -0.25) is 37.3 Å². The number of carbonyl (C=O) groups is 4. The molecule has 111 heavy (non-hydrogen) atoms. The van der Waals surface area contributed by atoms with E-state index in [4.69, 9.17) is 37.0 Å². The predicted octanol–water partition coefficient (Wildman–Crippen LogP) is 28.9. The van der Waals surface area contributed by atoms with Crippen LogP contribution in [0.4, 0.5) is 0 Å². The van der Waals surface area contributed by atoms with Gasteiger partial charge in [0.05, 0.1) is 26.4 Å². The highest BCUT2D eigenvalue weighted by molar-refractivity contribution is 7.47. The van der Waals surface area contributed by atoms with Crippen molar-refractivity contribution in [3.8, 4) is 0 Å². The Morgan fingerprint density at radius 1 is 0.216 bits per heavy atom. The molecule has 3 N–H and O–H groups in total. The number of carbonyl (C=O) groups excluding carboxylic acids is 4. The fourth-order valence-electron chi connectivity index (χ4n) is 14.6. The molecule has 5 atom stereocenters. The van der Waals surface area contributed by atoms with Crippen LogP contribution in [-0.4, -0.2) is 96.7 Å². The molecule has 0 aromatic rings. The van der Waals surface area contributed by atoms with E-state index < -0.39 is 97.5 Å². The fraction of sp³-hybridized carbons (Fsp3) is 0.957. The fourth-order valence-corrected chi connectivity index (χ4v) is 16.2. The first-order valence-corrected chi connectivity index (χ1v) is 50.8. The second kappa shape index (κ2) is 85.9. The van der Waals surface area contributed by atoms with E-state index in [9.17, 15) is 43.2 Å². The average molecular weight is 1620 g/mol. The van der Waals surface area contributed by atoms with Gasteiger partial charge >= 0.3 is 39.5 Å². The molecule has 0 fully saturated rings. The molecule has 0 aliphatic rings. The molecule has 660 valence electrons. The smallest absolute Gasteiger partial charge is 0.462 e. The van der Waals surface area contributed by atoms with Crippen LogP contribution in [0.1, 0.15) is 509 Å². The van der Waals surface area contributed by atoms with Crippen molar-refractivity contribution in [1.29, 1.82) is 0 Å². The lowest BCUT2D eigenvalue weighted by Gasteiger charge is -2.21. The molecular weight excluding hydrogens is 1440 g/mol. The summed E-state index contributed by atoms with van der Waals surface area (Å²) in [6, 6.07) is 0. The van der Waals surface area contributed by atoms with Crippen LogP contribution in [0.3, 0.4) is 0 Å². The number of phosphoric acid groups is 2. The molecule has 19 heteroatoms. The Hall–Kier alpha value is -1.94. The van der Waals surface area contributed by atoms with Crippen molar-refractivity contribution in [2.24, 2.45) is 0 Å². The minimum absolute atomic E-state index is 0.110. The van der Waals surface area contributed by atoms with Crippen molar-refractivity contribution in [3.63, 3.8) is 0 Å². The van der Waals surface area contributed by atoms with E-state index in [0.29, 0.717) is 25.7 Å². The summed E-state index contributed by atoms with van der Waals surface area (Å²) in [5.74, 6) is -2.09. The molecule has 0 saturated heterocycles. The minimum atomic E-state index is -4.97. The Morgan fingerprint density at radius 3 is 0.532 bits per heavy atom. The predicted molar refractivity (Wildman–Crippen MR) is 460 cm³/mol. The maximum absolute atomic E-state index is 13.2. The van der Waals surface area contributed by atoms with Gasteiger partial charge in [-0.05, 0) is 25.7 Å². The highest BCUT2D eigenvalue weighted by atomic mass is 31.2. The Balaban J connectivity index is 5.25. The summed E-state index contributed by atoms with van der Waals surface area (Å²) in [7, 11) is -9.94. The quantitative estimate of drug-likeness (QED) is 0.0222. The van der Waals surface area contributed by atoms with E-state index in [-0.39, 0.29) is 25.7 Å². The normalized spacial score (nSPS) is 13.6. The lowest BCUT2D eigenvalue weighted by molar-refractivity contribution is -0.161. The third kappa shape index (κ3) is 85.8. The number of aliphatic hydroxyl groups excluding tert-OH is 1. The Kier molecular flexibility index (Phi) is 84.4. The molecule has 0 amide bonds. The zero-order valence-corrected chi connectivity index (χ0v) is 74.7. The van der Waals surface area contributed by atoms with Crippen molar-refractivity contribution >= 4 is 39.5 Å². The third-order valence-electron chi connectivity index (χ3n) is 21.9. The first kappa shape index (κ1) is 109. The van der Waals surface area contributed by atoms with Crippen molar-refractivity contribution in [2.75, 3.05) is 39.6 Å². The second-order valence-electron chi connectivity index (χ2n) is 33.1. The summed E-state index contributed by atoms with van der Waals surface area (Å²) in [5, 5.41) is 10.7. The molecule has 0 bridgehead atoms. The van der Waals surface area contributed by atoms with Crippen LogP contribution in [0, 0.1) is 0 Å². The Morgan fingerprint density at radius 2 is 0.360 bits per heavy atom. The molecule has 2 unspecified atom stereocenters. The van der Waals surface area contributed by atoms with Crippen LogP contribution >= 0.6 is 15.6 Å². The van der Waals surface area contributed by atoms with Crippen LogP contribution in [0.15, 0.2) is 0 Å². The summed E-state index contributed by atoms with van der Waals surface area (Å²) < 4.78 is 69.1. The van der Waals surface area contributed by atoms with Gasteiger partial charge < -0.3 is 33.8 Å². The largest absolute Gasteiger partial charge is 0.472 e. The van der Waals surface area contributed by atoms with Gasteiger partial charge in [-0.25, -0.2) is 9.13 Å². The summed E-state index contributed by atoms with van der Waals surface area (Å²) in [6.07, 6.45) is 83.4. The van der Waals surface area contributed by atoms with Gasteiger partial charge in [-0.1, -0.05) is 458 Å². The van der Waals surface area contributed by atoms with Gasteiger partial charge in [0.1, 0.15) is 19.3 Å². The van der Waals surface area contributed by atoms with Gasteiger partial charge in [0, 0.05) is 25.7 Å². The molecule has 0 aliphatic heterocycles. The lowest BCUT2D eigenvalue weighted by atomic mass is 10.0. The number of hydrogen-bond acceptors (Lipinski definition) is 15. The number of rotatable bonds is 93.